The molecule has 1 amide bonds. The lowest BCUT2D eigenvalue weighted by Gasteiger charge is -2.09. The Morgan fingerprint density at radius 2 is 0.712 bits per heavy atom. The van der Waals surface area contributed by atoms with E-state index in [0.717, 1.165) is 5.56 Å². The molecule has 0 aliphatic rings. The van der Waals surface area contributed by atoms with Crippen LogP contribution in [0.1, 0.15) is 12.0 Å². The van der Waals surface area contributed by atoms with Crippen molar-refractivity contribution in [3.63, 3.8) is 0 Å². The molecule has 0 fully saturated rings. The van der Waals surface area contributed by atoms with Crippen LogP contribution in [0.3, 0.4) is 0 Å². The first-order chi connectivity index (χ1) is 25.7. The van der Waals surface area contributed by atoms with Gasteiger partial charge in [-0.05, 0) is 5.56 Å². The lowest BCUT2D eigenvalue weighted by atomic mass is 10.2. The average Bonchev–Trinajstić information content (AvgIpc) is 3.15. The van der Waals surface area contributed by atoms with Crippen molar-refractivity contribution < 1.29 is 76.3 Å². The number of carboxylic acid groups (broad SMARTS) is 1. The van der Waals surface area contributed by atoms with Crippen LogP contribution in [0, 0.1) is 0 Å². The van der Waals surface area contributed by atoms with E-state index >= 15 is 0 Å². The first kappa shape index (κ1) is 47.5. The first-order valence-corrected chi connectivity index (χ1v) is 17.8. The Balaban J connectivity index is 1.63. The van der Waals surface area contributed by atoms with Crippen LogP contribution in [0.15, 0.2) is 30.3 Å². The van der Waals surface area contributed by atoms with E-state index in [4.69, 9.17) is 66.7 Å². The maximum absolute atomic E-state index is 11.6. The quantitative estimate of drug-likeness (QED) is 0.0918. The van der Waals surface area contributed by atoms with E-state index in [0.29, 0.717) is 159 Å². The maximum atomic E-state index is 11.6. The fraction of sp³-hybridized carbons (Fsp3) is 0.771. The van der Waals surface area contributed by atoms with Crippen molar-refractivity contribution in [3.8, 4) is 0 Å². The fourth-order valence-corrected chi connectivity index (χ4v) is 3.68. The van der Waals surface area contributed by atoms with E-state index < -0.39 is 12.1 Å². The highest BCUT2D eigenvalue weighted by Crippen LogP contribution is 2.00. The minimum absolute atomic E-state index is 0.00711. The van der Waals surface area contributed by atoms with Gasteiger partial charge < -0.3 is 72.0 Å². The molecule has 1 aromatic carbocycles. The molecule has 0 bridgehead atoms. The van der Waals surface area contributed by atoms with Gasteiger partial charge in [-0.3, -0.25) is 4.79 Å². The van der Waals surface area contributed by atoms with Crippen molar-refractivity contribution in [2.24, 2.45) is 0 Å². The van der Waals surface area contributed by atoms with E-state index in [9.17, 15) is 9.59 Å². The zero-order valence-electron chi connectivity index (χ0n) is 30.5. The van der Waals surface area contributed by atoms with Gasteiger partial charge in [0.1, 0.15) is 6.61 Å². The second-order valence-electron chi connectivity index (χ2n) is 10.5. The molecule has 0 unspecified atom stereocenters. The summed E-state index contributed by atoms with van der Waals surface area (Å²) in [7, 11) is 0. The molecule has 0 saturated heterocycles. The fourth-order valence-electron chi connectivity index (χ4n) is 3.68. The Bertz CT molecular complexity index is 901. The molecular weight excluding hydrogens is 690 g/mol. The van der Waals surface area contributed by atoms with Gasteiger partial charge in [-0.1, -0.05) is 30.3 Å². The summed E-state index contributed by atoms with van der Waals surface area (Å²) >= 11 is 0. The summed E-state index contributed by atoms with van der Waals surface area (Å²) < 4.78 is 70.1. The Morgan fingerprint density at radius 3 is 1.02 bits per heavy atom. The summed E-state index contributed by atoms with van der Waals surface area (Å²) in [4.78, 5) is 22.0. The number of ether oxygens (including phenoxy) is 13. The van der Waals surface area contributed by atoms with Crippen molar-refractivity contribution in [3.05, 3.63) is 35.9 Å². The lowest BCUT2D eigenvalue weighted by molar-refractivity contribution is -0.138. The van der Waals surface area contributed by atoms with Gasteiger partial charge in [0.15, 0.2) is 0 Å². The third-order valence-electron chi connectivity index (χ3n) is 6.28. The highest BCUT2D eigenvalue weighted by atomic mass is 16.6. The van der Waals surface area contributed by atoms with Crippen molar-refractivity contribution in [2.75, 3.05) is 165 Å². The molecule has 0 spiro atoms. The molecular formula is C35H61NO16. The van der Waals surface area contributed by atoms with E-state index in [-0.39, 0.29) is 19.6 Å². The zero-order valence-corrected chi connectivity index (χ0v) is 30.5. The molecule has 52 heavy (non-hydrogen) atoms. The van der Waals surface area contributed by atoms with Gasteiger partial charge in [-0.2, -0.15) is 0 Å². The second-order valence-corrected chi connectivity index (χ2v) is 10.5. The molecule has 0 aliphatic heterocycles. The highest BCUT2D eigenvalue weighted by molar-refractivity contribution is 5.67. The average molecular weight is 752 g/mol. The van der Waals surface area contributed by atoms with Crippen molar-refractivity contribution >= 4 is 12.1 Å². The SMILES string of the molecule is O=C(O)CCOCCOCCOCCOCCOCCOCCOCCOCCOCCOCCOCCOCCNC(=O)OCc1ccccc1. The standard InChI is InChI=1S/C35H61NO16/c37-34(38)6-8-40-10-12-42-14-16-44-18-20-46-22-24-48-26-28-50-30-31-51-29-27-49-25-23-47-21-19-45-17-15-43-13-11-41-9-7-36-35(39)52-32-33-4-2-1-3-5-33/h1-5H,6-32H2,(H,36,39)(H,37,38). The summed E-state index contributed by atoms with van der Waals surface area (Å²) in [5.41, 5.74) is 0.933. The maximum Gasteiger partial charge on any atom is 0.407 e. The zero-order chi connectivity index (χ0) is 37.3. The highest BCUT2D eigenvalue weighted by Gasteiger charge is 2.02. The van der Waals surface area contributed by atoms with Crippen LogP contribution in [-0.2, 0) is 73.0 Å². The molecule has 17 heteroatoms. The van der Waals surface area contributed by atoms with E-state index in [1.165, 1.54) is 0 Å². The number of aliphatic carboxylic acids is 1. The summed E-state index contributed by atoms with van der Waals surface area (Å²) in [6, 6.07) is 9.49. The predicted molar refractivity (Wildman–Crippen MR) is 187 cm³/mol. The lowest BCUT2D eigenvalue weighted by Crippen LogP contribution is -2.28. The Hall–Kier alpha value is -2.52. The van der Waals surface area contributed by atoms with Gasteiger partial charge in [0, 0.05) is 6.54 Å². The van der Waals surface area contributed by atoms with Crippen LogP contribution in [0.5, 0.6) is 0 Å². The minimum Gasteiger partial charge on any atom is -0.481 e. The molecule has 0 heterocycles. The molecule has 0 aromatic heterocycles. The number of benzene rings is 1. The van der Waals surface area contributed by atoms with E-state index in [1.807, 2.05) is 30.3 Å². The van der Waals surface area contributed by atoms with E-state index in [1.54, 1.807) is 0 Å². The second kappa shape index (κ2) is 39.7. The van der Waals surface area contributed by atoms with Gasteiger partial charge >= 0.3 is 12.1 Å². The van der Waals surface area contributed by atoms with Crippen molar-refractivity contribution in [2.45, 2.75) is 13.0 Å². The number of hydrogen-bond acceptors (Lipinski definition) is 15. The number of rotatable bonds is 41. The van der Waals surface area contributed by atoms with Crippen molar-refractivity contribution in [1.29, 1.82) is 0 Å². The molecule has 2 N–H and O–H groups in total. The summed E-state index contributed by atoms with van der Waals surface area (Å²) in [5, 5.41) is 11.1. The summed E-state index contributed by atoms with van der Waals surface area (Å²) in [6.07, 6.45) is -0.482. The summed E-state index contributed by atoms with van der Waals surface area (Å²) in [6.45, 7) is 11.3. The molecule has 1 aromatic rings. The molecule has 1 rings (SSSR count). The number of carbonyl (C=O) groups is 2. The van der Waals surface area contributed by atoms with Crippen LogP contribution in [-0.4, -0.2) is 182 Å². The van der Waals surface area contributed by atoms with E-state index in [2.05, 4.69) is 5.32 Å². The molecule has 17 nitrogen and oxygen atoms in total. The van der Waals surface area contributed by atoms with Gasteiger partial charge in [-0.15, -0.1) is 0 Å². The normalized spacial score (nSPS) is 11.2. The number of amides is 1. The van der Waals surface area contributed by atoms with Gasteiger partial charge in [0.25, 0.3) is 0 Å². The van der Waals surface area contributed by atoms with Crippen LogP contribution < -0.4 is 5.32 Å². The van der Waals surface area contributed by atoms with Gasteiger partial charge in [0.2, 0.25) is 0 Å². The number of carbonyl (C=O) groups excluding carboxylic acids is 1. The Kier molecular flexibility index (Phi) is 36.2. The van der Waals surface area contributed by atoms with Gasteiger partial charge in [-0.25, -0.2) is 4.79 Å². The van der Waals surface area contributed by atoms with Crippen LogP contribution in [0.25, 0.3) is 0 Å². The topological polar surface area (TPSA) is 186 Å². The Labute approximate surface area is 307 Å². The molecule has 302 valence electrons. The molecule has 0 aliphatic carbocycles. The smallest absolute Gasteiger partial charge is 0.407 e. The number of carboxylic acids is 1. The third kappa shape index (κ3) is 37.2. The minimum atomic E-state index is -0.878. The summed E-state index contributed by atoms with van der Waals surface area (Å²) in [5.74, 6) is -0.878. The third-order valence-corrected chi connectivity index (χ3v) is 6.28. The Morgan fingerprint density at radius 1 is 0.423 bits per heavy atom. The van der Waals surface area contributed by atoms with Crippen LogP contribution >= 0.6 is 0 Å². The number of nitrogens with one attached hydrogen (secondary N) is 1. The monoisotopic (exact) mass is 751 g/mol. The molecule has 0 saturated carbocycles. The molecule has 0 radical (unpaired) electrons. The first-order valence-electron chi connectivity index (χ1n) is 17.8. The number of alkyl carbamates (subject to hydrolysis) is 1. The number of hydrogen-bond donors (Lipinski definition) is 2. The predicted octanol–water partition coefficient (Wildman–Crippen LogP) is 1.59. The van der Waals surface area contributed by atoms with Crippen LogP contribution in [0.4, 0.5) is 4.79 Å². The largest absolute Gasteiger partial charge is 0.481 e. The van der Waals surface area contributed by atoms with Crippen LogP contribution in [0.2, 0.25) is 0 Å². The van der Waals surface area contributed by atoms with Gasteiger partial charge in [0.05, 0.1) is 165 Å². The molecule has 0 atom stereocenters. The van der Waals surface area contributed by atoms with Crippen molar-refractivity contribution in [1.82, 2.24) is 5.32 Å².